The first kappa shape index (κ1) is 13.7. The molecule has 1 aliphatic carbocycles. The van der Waals surface area contributed by atoms with Gasteiger partial charge in [0.1, 0.15) is 11.6 Å². The van der Waals surface area contributed by atoms with E-state index in [4.69, 9.17) is 0 Å². The van der Waals surface area contributed by atoms with Gasteiger partial charge < -0.3 is 5.32 Å². The highest BCUT2D eigenvalue weighted by molar-refractivity contribution is 5.88. The first-order valence-corrected chi connectivity index (χ1v) is 6.59. The molecule has 0 aliphatic heterocycles. The Balaban J connectivity index is 1.68. The Morgan fingerprint density at radius 1 is 1.53 bits per heavy atom. The fourth-order valence-electron chi connectivity index (χ4n) is 1.96. The quantitative estimate of drug-likeness (QED) is 0.826. The normalized spacial score (nSPS) is 14.5. The summed E-state index contributed by atoms with van der Waals surface area (Å²) in [6.45, 7) is 4.58. The molecule has 2 amide bonds. The van der Waals surface area contributed by atoms with Crippen LogP contribution < -0.4 is 10.6 Å². The lowest BCUT2D eigenvalue weighted by Gasteiger charge is -2.19. The van der Waals surface area contributed by atoms with Crippen molar-refractivity contribution in [3.8, 4) is 0 Å². The topological polar surface area (TPSA) is 57.3 Å². The van der Waals surface area contributed by atoms with E-state index in [0.717, 1.165) is 19.3 Å². The summed E-state index contributed by atoms with van der Waals surface area (Å²) in [5.41, 5.74) is 0. The second-order valence-electron chi connectivity index (χ2n) is 4.60. The maximum Gasteiger partial charge on any atom is 0.320 e. The largest absolute Gasteiger partial charge is 0.337 e. The van der Waals surface area contributed by atoms with Crippen molar-refractivity contribution in [2.75, 3.05) is 25.0 Å². The van der Waals surface area contributed by atoms with Crippen LogP contribution in [0.15, 0.2) is 18.3 Å². The van der Waals surface area contributed by atoms with Gasteiger partial charge in [-0.2, -0.15) is 0 Å². The van der Waals surface area contributed by atoms with E-state index in [0.29, 0.717) is 18.4 Å². The Morgan fingerprint density at radius 2 is 2.32 bits per heavy atom. The summed E-state index contributed by atoms with van der Waals surface area (Å²) >= 11 is 0. The zero-order valence-electron chi connectivity index (χ0n) is 11.0. The number of pyridine rings is 1. The van der Waals surface area contributed by atoms with Gasteiger partial charge in [-0.25, -0.2) is 14.2 Å². The standard InChI is InChI=1S/C13H19FN4O/c1-2-18(11-4-5-11)8-7-15-13(19)17-12-6-3-10(14)9-16-12/h3,6,9,11H,2,4-5,7-8H2,1H3,(H2,15,16,17,19). The third-order valence-electron chi connectivity index (χ3n) is 3.12. The zero-order chi connectivity index (χ0) is 13.7. The molecule has 2 rings (SSSR count). The number of hydrogen-bond acceptors (Lipinski definition) is 3. The molecular weight excluding hydrogens is 247 g/mol. The molecule has 5 nitrogen and oxygen atoms in total. The molecule has 104 valence electrons. The average Bonchev–Trinajstić information content (AvgIpc) is 3.22. The number of halogens is 1. The number of urea groups is 1. The Labute approximate surface area is 112 Å². The van der Waals surface area contributed by atoms with Crippen molar-refractivity contribution in [2.45, 2.75) is 25.8 Å². The van der Waals surface area contributed by atoms with E-state index < -0.39 is 5.82 Å². The minimum absolute atomic E-state index is 0.314. The van der Waals surface area contributed by atoms with Crippen LogP contribution in [0.3, 0.4) is 0 Å². The second-order valence-corrected chi connectivity index (χ2v) is 4.60. The van der Waals surface area contributed by atoms with Crippen molar-refractivity contribution >= 4 is 11.8 Å². The summed E-state index contributed by atoms with van der Waals surface area (Å²) < 4.78 is 12.6. The zero-order valence-corrected chi connectivity index (χ0v) is 11.0. The van der Waals surface area contributed by atoms with Crippen molar-refractivity contribution < 1.29 is 9.18 Å². The van der Waals surface area contributed by atoms with E-state index in [-0.39, 0.29) is 6.03 Å². The van der Waals surface area contributed by atoms with Crippen molar-refractivity contribution in [2.24, 2.45) is 0 Å². The van der Waals surface area contributed by atoms with Gasteiger partial charge in [0.25, 0.3) is 0 Å². The Kier molecular flexibility index (Phi) is 4.68. The smallest absolute Gasteiger partial charge is 0.320 e. The molecule has 6 heteroatoms. The van der Waals surface area contributed by atoms with Gasteiger partial charge in [0, 0.05) is 19.1 Å². The maximum absolute atomic E-state index is 12.6. The minimum Gasteiger partial charge on any atom is -0.337 e. The molecule has 0 bridgehead atoms. The summed E-state index contributed by atoms with van der Waals surface area (Å²) in [6.07, 6.45) is 3.60. The van der Waals surface area contributed by atoms with Crippen LogP contribution in [0.4, 0.5) is 15.0 Å². The molecule has 2 N–H and O–H groups in total. The number of carbonyl (C=O) groups excluding carboxylic acids is 1. The first-order chi connectivity index (χ1) is 9.19. The molecule has 1 saturated carbocycles. The van der Waals surface area contributed by atoms with Gasteiger partial charge in [-0.15, -0.1) is 0 Å². The number of anilines is 1. The number of carbonyl (C=O) groups is 1. The first-order valence-electron chi connectivity index (χ1n) is 6.59. The van der Waals surface area contributed by atoms with Gasteiger partial charge in [0.15, 0.2) is 0 Å². The fraction of sp³-hybridized carbons (Fsp3) is 0.538. The predicted octanol–water partition coefficient (Wildman–Crippen LogP) is 1.83. The van der Waals surface area contributed by atoms with Crippen LogP contribution in [0.2, 0.25) is 0 Å². The van der Waals surface area contributed by atoms with Gasteiger partial charge in [0.2, 0.25) is 0 Å². The van der Waals surface area contributed by atoms with E-state index in [9.17, 15) is 9.18 Å². The summed E-state index contributed by atoms with van der Waals surface area (Å²) in [5.74, 6) is -0.0811. The molecule has 0 saturated heterocycles. The Bertz CT molecular complexity index is 419. The number of nitrogens with zero attached hydrogens (tertiary/aromatic N) is 2. The van der Waals surface area contributed by atoms with Crippen LogP contribution in [0, 0.1) is 5.82 Å². The number of nitrogens with one attached hydrogen (secondary N) is 2. The van der Waals surface area contributed by atoms with Crippen LogP contribution >= 0.6 is 0 Å². The van der Waals surface area contributed by atoms with Crippen molar-refractivity contribution in [3.63, 3.8) is 0 Å². The molecule has 0 aromatic carbocycles. The Hall–Kier alpha value is -1.69. The number of amides is 2. The van der Waals surface area contributed by atoms with Crippen molar-refractivity contribution in [1.29, 1.82) is 0 Å². The molecule has 1 aromatic rings. The van der Waals surface area contributed by atoms with Gasteiger partial charge in [-0.05, 0) is 31.5 Å². The van der Waals surface area contributed by atoms with Gasteiger partial charge in [-0.3, -0.25) is 10.2 Å². The van der Waals surface area contributed by atoms with Crippen LogP contribution in [0.5, 0.6) is 0 Å². The van der Waals surface area contributed by atoms with Crippen LogP contribution in [0.1, 0.15) is 19.8 Å². The lowest BCUT2D eigenvalue weighted by atomic mass is 10.4. The molecule has 0 radical (unpaired) electrons. The number of hydrogen-bond donors (Lipinski definition) is 2. The van der Waals surface area contributed by atoms with Crippen LogP contribution in [-0.2, 0) is 0 Å². The van der Waals surface area contributed by atoms with E-state index in [1.165, 1.54) is 25.0 Å². The van der Waals surface area contributed by atoms with E-state index >= 15 is 0 Å². The lowest BCUT2D eigenvalue weighted by Crippen LogP contribution is -2.38. The van der Waals surface area contributed by atoms with Gasteiger partial charge in [-0.1, -0.05) is 6.92 Å². The number of likely N-dealkylation sites (N-methyl/N-ethyl adjacent to an activating group) is 1. The molecule has 1 fully saturated rings. The summed E-state index contributed by atoms with van der Waals surface area (Å²) in [6, 6.07) is 3.07. The molecular formula is C13H19FN4O. The highest BCUT2D eigenvalue weighted by Gasteiger charge is 2.27. The second kappa shape index (κ2) is 6.47. The third-order valence-corrected chi connectivity index (χ3v) is 3.12. The maximum atomic E-state index is 12.6. The predicted molar refractivity (Wildman–Crippen MR) is 71.5 cm³/mol. The van der Waals surface area contributed by atoms with Crippen molar-refractivity contribution in [1.82, 2.24) is 15.2 Å². The average molecular weight is 266 g/mol. The molecule has 19 heavy (non-hydrogen) atoms. The highest BCUT2D eigenvalue weighted by Crippen LogP contribution is 2.25. The van der Waals surface area contributed by atoms with Gasteiger partial charge >= 0.3 is 6.03 Å². The molecule has 1 aliphatic rings. The van der Waals surface area contributed by atoms with Crippen LogP contribution in [0.25, 0.3) is 0 Å². The molecule has 0 atom stereocenters. The Morgan fingerprint density at radius 3 is 2.89 bits per heavy atom. The number of rotatable bonds is 6. The summed E-state index contributed by atoms with van der Waals surface area (Å²) in [4.78, 5) is 17.7. The molecule has 1 heterocycles. The number of aromatic nitrogens is 1. The molecule has 0 unspecified atom stereocenters. The van der Waals surface area contributed by atoms with E-state index in [2.05, 4.69) is 27.4 Å². The minimum atomic E-state index is -0.422. The van der Waals surface area contributed by atoms with E-state index in [1.807, 2.05) is 0 Å². The monoisotopic (exact) mass is 266 g/mol. The fourth-order valence-corrected chi connectivity index (χ4v) is 1.96. The molecule has 1 aromatic heterocycles. The molecule has 0 spiro atoms. The summed E-state index contributed by atoms with van der Waals surface area (Å²) in [5, 5.41) is 5.33. The van der Waals surface area contributed by atoms with E-state index in [1.54, 1.807) is 0 Å². The SMILES string of the molecule is CCN(CCNC(=O)Nc1ccc(F)cn1)C1CC1. The van der Waals surface area contributed by atoms with Crippen molar-refractivity contribution in [3.05, 3.63) is 24.1 Å². The van der Waals surface area contributed by atoms with Crippen LogP contribution in [-0.4, -0.2) is 41.6 Å². The summed E-state index contributed by atoms with van der Waals surface area (Å²) in [7, 11) is 0. The lowest BCUT2D eigenvalue weighted by molar-refractivity contribution is 0.245. The van der Waals surface area contributed by atoms with Gasteiger partial charge in [0.05, 0.1) is 6.20 Å². The highest BCUT2D eigenvalue weighted by atomic mass is 19.1. The third kappa shape index (κ3) is 4.48.